The molecular weight excluding hydrogens is 348 g/mol. The van der Waals surface area contributed by atoms with Gasteiger partial charge in [-0.05, 0) is 36.4 Å². The number of para-hydroxylation sites is 1. The summed E-state index contributed by atoms with van der Waals surface area (Å²) in [5, 5.41) is 6.70. The maximum Gasteiger partial charge on any atom is 0.265 e. The number of sulfonamides is 1. The lowest BCUT2D eigenvalue weighted by atomic mass is 10.1. The van der Waals surface area contributed by atoms with Gasteiger partial charge in [-0.15, -0.1) is 11.3 Å². The summed E-state index contributed by atoms with van der Waals surface area (Å²) in [6.07, 6.45) is -0.0911. The first-order valence-corrected chi connectivity index (χ1v) is 9.82. The number of hydrogen-bond donors (Lipinski definition) is 1. The van der Waals surface area contributed by atoms with E-state index >= 15 is 0 Å². The van der Waals surface area contributed by atoms with E-state index in [1.165, 1.54) is 6.07 Å². The number of nitrogens with zero attached hydrogens (tertiary/aromatic N) is 1. The van der Waals surface area contributed by atoms with Crippen LogP contribution in [0.4, 0.5) is 0 Å². The number of likely N-dealkylation sites (tertiary alicyclic amines) is 1. The van der Waals surface area contributed by atoms with E-state index in [9.17, 15) is 13.2 Å². The number of carbonyl (C=O) groups excluding carboxylic acids is 1. The number of ether oxygens (including phenoxy) is 1. The molecule has 1 saturated heterocycles. The molecule has 0 aliphatic carbocycles. The highest BCUT2D eigenvalue weighted by Crippen LogP contribution is 2.28. The van der Waals surface area contributed by atoms with Crippen LogP contribution in [0, 0.1) is 13.8 Å². The highest BCUT2D eigenvalue weighted by atomic mass is 32.2. The molecule has 3 rings (SSSR count). The summed E-state index contributed by atoms with van der Waals surface area (Å²) in [5.41, 5.74) is 2.10. The predicted octanol–water partition coefficient (Wildman–Crippen LogP) is 1.92. The standard InChI is InChI=1S/C16H18N2O4S2/c1-10-4-3-5-11(2)14(10)22-12-8-18(9-12)16(19)15-13(6-7-23-15)24(17,20)21/h3-7,12H,8-9H2,1-2H3,(H2,17,20,21). The first-order chi connectivity index (χ1) is 11.3. The quantitative estimate of drug-likeness (QED) is 0.895. The van der Waals surface area contributed by atoms with E-state index < -0.39 is 10.0 Å². The maximum atomic E-state index is 12.4. The van der Waals surface area contributed by atoms with E-state index in [0.29, 0.717) is 13.1 Å². The molecule has 1 amide bonds. The first-order valence-electron chi connectivity index (χ1n) is 7.40. The molecule has 0 radical (unpaired) electrons. The number of benzene rings is 1. The molecule has 1 aliphatic rings. The van der Waals surface area contributed by atoms with Crippen LogP contribution in [-0.2, 0) is 10.0 Å². The van der Waals surface area contributed by atoms with Gasteiger partial charge in [0.05, 0.1) is 13.1 Å². The summed E-state index contributed by atoms with van der Waals surface area (Å²) >= 11 is 1.08. The number of amides is 1. The van der Waals surface area contributed by atoms with Crippen LogP contribution in [0.25, 0.3) is 0 Å². The van der Waals surface area contributed by atoms with Gasteiger partial charge in [-0.3, -0.25) is 4.79 Å². The second-order valence-electron chi connectivity index (χ2n) is 5.83. The molecule has 0 bridgehead atoms. The first kappa shape index (κ1) is 16.9. The van der Waals surface area contributed by atoms with Crippen molar-refractivity contribution in [2.45, 2.75) is 24.8 Å². The van der Waals surface area contributed by atoms with Crippen molar-refractivity contribution in [3.05, 3.63) is 45.6 Å². The number of carbonyl (C=O) groups is 1. The lowest BCUT2D eigenvalue weighted by Crippen LogP contribution is -2.56. The number of nitrogens with two attached hydrogens (primary N) is 1. The van der Waals surface area contributed by atoms with E-state index in [4.69, 9.17) is 9.88 Å². The van der Waals surface area contributed by atoms with Crippen molar-refractivity contribution in [2.24, 2.45) is 5.14 Å². The van der Waals surface area contributed by atoms with Gasteiger partial charge < -0.3 is 9.64 Å². The van der Waals surface area contributed by atoms with Crippen LogP contribution in [-0.4, -0.2) is 38.4 Å². The summed E-state index contributed by atoms with van der Waals surface area (Å²) in [5.74, 6) is 0.520. The van der Waals surface area contributed by atoms with Crippen LogP contribution in [0.3, 0.4) is 0 Å². The van der Waals surface area contributed by atoms with Crippen LogP contribution in [0.5, 0.6) is 5.75 Å². The lowest BCUT2D eigenvalue weighted by Gasteiger charge is -2.39. The number of aryl methyl sites for hydroxylation is 2. The van der Waals surface area contributed by atoms with Crippen molar-refractivity contribution in [3.8, 4) is 5.75 Å². The molecule has 128 valence electrons. The Morgan fingerprint density at radius 1 is 1.25 bits per heavy atom. The largest absolute Gasteiger partial charge is 0.486 e. The predicted molar refractivity (Wildman–Crippen MR) is 91.9 cm³/mol. The molecule has 8 heteroatoms. The van der Waals surface area contributed by atoms with Crippen molar-refractivity contribution in [3.63, 3.8) is 0 Å². The Morgan fingerprint density at radius 2 is 1.88 bits per heavy atom. The average molecular weight is 366 g/mol. The van der Waals surface area contributed by atoms with Crippen LogP contribution >= 0.6 is 11.3 Å². The van der Waals surface area contributed by atoms with Crippen LogP contribution in [0.15, 0.2) is 34.5 Å². The zero-order chi connectivity index (χ0) is 17.5. The van der Waals surface area contributed by atoms with E-state index in [2.05, 4.69) is 0 Å². The summed E-state index contributed by atoms with van der Waals surface area (Å²) in [6, 6.07) is 7.29. The fourth-order valence-corrected chi connectivity index (χ4v) is 4.59. The maximum absolute atomic E-state index is 12.4. The third-order valence-corrected chi connectivity index (χ3v) is 5.94. The molecular formula is C16H18N2O4S2. The van der Waals surface area contributed by atoms with Gasteiger partial charge in [0, 0.05) is 0 Å². The minimum Gasteiger partial charge on any atom is -0.486 e. The molecule has 2 heterocycles. The number of rotatable bonds is 4. The van der Waals surface area contributed by atoms with Crippen molar-refractivity contribution in [2.75, 3.05) is 13.1 Å². The minimum absolute atomic E-state index is 0.0911. The number of hydrogen-bond acceptors (Lipinski definition) is 5. The summed E-state index contributed by atoms with van der Waals surface area (Å²) in [7, 11) is -3.89. The second-order valence-corrected chi connectivity index (χ2v) is 8.28. The van der Waals surface area contributed by atoms with Crippen molar-refractivity contribution < 1.29 is 17.9 Å². The third kappa shape index (κ3) is 3.17. The summed E-state index contributed by atoms with van der Waals surface area (Å²) in [4.78, 5) is 14.1. The number of thiophene rings is 1. The normalized spacial score (nSPS) is 15.2. The van der Waals surface area contributed by atoms with E-state index in [0.717, 1.165) is 28.2 Å². The zero-order valence-corrected chi connectivity index (χ0v) is 15.0. The monoisotopic (exact) mass is 366 g/mol. The third-order valence-electron chi connectivity index (χ3n) is 3.96. The van der Waals surface area contributed by atoms with Gasteiger partial charge in [0.25, 0.3) is 5.91 Å². The average Bonchev–Trinajstić information content (AvgIpc) is 2.93. The van der Waals surface area contributed by atoms with E-state index in [-0.39, 0.29) is 21.8 Å². The Bertz CT molecular complexity index is 863. The van der Waals surface area contributed by atoms with Crippen LogP contribution in [0.2, 0.25) is 0 Å². The molecule has 2 N–H and O–H groups in total. The highest BCUT2D eigenvalue weighted by Gasteiger charge is 2.35. The summed E-state index contributed by atoms with van der Waals surface area (Å²) < 4.78 is 29.0. The van der Waals surface area contributed by atoms with Gasteiger partial charge >= 0.3 is 0 Å². The molecule has 0 unspecified atom stereocenters. The van der Waals surface area contributed by atoms with Gasteiger partial charge in [-0.25, -0.2) is 13.6 Å². The highest BCUT2D eigenvalue weighted by molar-refractivity contribution is 7.89. The smallest absolute Gasteiger partial charge is 0.265 e. The topological polar surface area (TPSA) is 89.7 Å². The fourth-order valence-electron chi connectivity index (χ4n) is 2.65. The molecule has 0 spiro atoms. The van der Waals surface area contributed by atoms with Gasteiger partial charge in [0.1, 0.15) is 21.6 Å². The molecule has 0 atom stereocenters. The lowest BCUT2D eigenvalue weighted by molar-refractivity contribution is 0.0174. The zero-order valence-electron chi connectivity index (χ0n) is 13.4. The van der Waals surface area contributed by atoms with Crippen LogP contribution in [0.1, 0.15) is 20.8 Å². The molecule has 24 heavy (non-hydrogen) atoms. The van der Waals surface area contributed by atoms with Gasteiger partial charge in [-0.2, -0.15) is 0 Å². The summed E-state index contributed by atoms with van der Waals surface area (Å²) in [6.45, 7) is 4.81. The van der Waals surface area contributed by atoms with Crippen LogP contribution < -0.4 is 9.88 Å². The Kier molecular flexibility index (Phi) is 4.37. The van der Waals surface area contributed by atoms with Crippen molar-refractivity contribution in [1.82, 2.24) is 4.90 Å². The molecule has 2 aromatic rings. The molecule has 6 nitrogen and oxygen atoms in total. The van der Waals surface area contributed by atoms with Gasteiger partial charge in [-0.1, -0.05) is 18.2 Å². The molecule has 1 fully saturated rings. The van der Waals surface area contributed by atoms with Gasteiger partial charge in [0.2, 0.25) is 10.0 Å². The fraction of sp³-hybridized carbons (Fsp3) is 0.312. The Labute approximate surface area is 144 Å². The van der Waals surface area contributed by atoms with Crippen molar-refractivity contribution in [1.29, 1.82) is 0 Å². The Morgan fingerprint density at radius 3 is 2.46 bits per heavy atom. The number of primary sulfonamides is 1. The van der Waals surface area contributed by atoms with Crippen molar-refractivity contribution >= 4 is 27.3 Å². The molecule has 1 aromatic heterocycles. The second kappa shape index (κ2) is 6.19. The Hall–Kier alpha value is -1.90. The van der Waals surface area contributed by atoms with E-state index in [1.807, 2.05) is 32.0 Å². The van der Waals surface area contributed by atoms with Gasteiger partial charge in [0.15, 0.2) is 0 Å². The SMILES string of the molecule is Cc1cccc(C)c1OC1CN(C(=O)c2sccc2S(N)(=O)=O)C1. The molecule has 1 aliphatic heterocycles. The Balaban J connectivity index is 1.67. The molecule has 0 saturated carbocycles. The molecule has 1 aromatic carbocycles. The minimum atomic E-state index is -3.89. The van der Waals surface area contributed by atoms with E-state index in [1.54, 1.807) is 10.3 Å².